The smallest absolute Gasteiger partial charge is 0.330 e. The van der Waals surface area contributed by atoms with Crippen LogP contribution in [0.25, 0.3) is 0 Å². The zero-order valence-electron chi connectivity index (χ0n) is 12.1. The summed E-state index contributed by atoms with van der Waals surface area (Å²) in [6, 6.07) is 11.3. The summed E-state index contributed by atoms with van der Waals surface area (Å²) in [6.07, 6.45) is 0. The molecule has 0 spiro atoms. The molecule has 0 saturated heterocycles. The number of thiophene rings is 1. The molecule has 5 heteroatoms. The molecule has 1 aromatic heterocycles. The lowest BCUT2D eigenvalue weighted by molar-refractivity contribution is -0.151. The van der Waals surface area contributed by atoms with Gasteiger partial charge in [-0.25, -0.2) is 4.79 Å². The van der Waals surface area contributed by atoms with E-state index in [1.165, 1.54) is 4.88 Å². The molecule has 0 aliphatic rings. The molecule has 0 aliphatic heterocycles. The van der Waals surface area contributed by atoms with Gasteiger partial charge in [0.15, 0.2) is 0 Å². The van der Waals surface area contributed by atoms with Crippen molar-refractivity contribution >= 4 is 28.9 Å². The molecule has 1 unspecified atom stereocenters. The number of halogens is 1. The Morgan fingerprint density at radius 2 is 2.05 bits per heavy atom. The molecule has 1 N–H and O–H groups in total. The Hall–Kier alpha value is -1.36. The van der Waals surface area contributed by atoms with Gasteiger partial charge in [0.1, 0.15) is 5.54 Å². The topological polar surface area (TPSA) is 38.3 Å². The van der Waals surface area contributed by atoms with Crippen LogP contribution in [0.2, 0.25) is 5.02 Å². The van der Waals surface area contributed by atoms with E-state index in [0.717, 1.165) is 5.56 Å². The Bertz CT molecular complexity index is 583. The Morgan fingerprint density at radius 3 is 2.62 bits per heavy atom. The first kappa shape index (κ1) is 16.0. The van der Waals surface area contributed by atoms with E-state index in [0.29, 0.717) is 18.2 Å². The molecule has 0 saturated carbocycles. The molecule has 0 amide bonds. The number of ether oxygens (including phenoxy) is 1. The number of benzene rings is 1. The Balaban J connectivity index is 2.24. The molecule has 1 aromatic carbocycles. The van der Waals surface area contributed by atoms with E-state index in [1.807, 2.05) is 36.6 Å². The van der Waals surface area contributed by atoms with Crippen molar-refractivity contribution in [1.82, 2.24) is 5.32 Å². The molecule has 21 heavy (non-hydrogen) atoms. The van der Waals surface area contributed by atoms with Gasteiger partial charge in [0, 0.05) is 16.4 Å². The molecular weight excluding hydrogens is 306 g/mol. The van der Waals surface area contributed by atoms with Gasteiger partial charge in [-0.1, -0.05) is 29.8 Å². The lowest BCUT2D eigenvalue weighted by Gasteiger charge is -2.29. The van der Waals surface area contributed by atoms with E-state index < -0.39 is 5.54 Å². The minimum Gasteiger partial charge on any atom is -0.464 e. The van der Waals surface area contributed by atoms with Crippen LogP contribution >= 0.6 is 22.9 Å². The molecule has 2 rings (SSSR count). The maximum Gasteiger partial charge on any atom is 0.330 e. The third-order valence-electron chi connectivity index (χ3n) is 3.30. The molecule has 0 aliphatic carbocycles. The van der Waals surface area contributed by atoms with Crippen molar-refractivity contribution in [3.05, 3.63) is 57.2 Å². The van der Waals surface area contributed by atoms with Gasteiger partial charge in [-0.3, -0.25) is 5.32 Å². The lowest BCUT2D eigenvalue weighted by Crippen LogP contribution is -2.47. The average molecular weight is 324 g/mol. The monoisotopic (exact) mass is 323 g/mol. The Morgan fingerprint density at radius 1 is 1.33 bits per heavy atom. The van der Waals surface area contributed by atoms with Gasteiger partial charge in [0.25, 0.3) is 0 Å². The van der Waals surface area contributed by atoms with Crippen LogP contribution in [0.1, 0.15) is 24.3 Å². The fourth-order valence-corrected chi connectivity index (χ4v) is 2.80. The van der Waals surface area contributed by atoms with Crippen molar-refractivity contribution in [2.75, 3.05) is 6.61 Å². The third-order valence-corrected chi connectivity index (χ3v) is 4.43. The van der Waals surface area contributed by atoms with Crippen molar-refractivity contribution in [1.29, 1.82) is 0 Å². The SMILES string of the molecule is CCOC(=O)C(C)(NCc1cccs1)c1ccc(Cl)cc1. The van der Waals surface area contributed by atoms with Crippen molar-refractivity contribution in [2.24, 2.45) is 0 Å². The molecule has 1 atom stereocenters. The first-order chi connectivity index (χ1) is 10.1. The number of esters is 1. The van der Waals surface area contributed by atoms with Crippen LogP contribution in [-0.2, 0) is 21.6 Å². The summed E-state index contributed by atoms with van der Waals surface area (Å²) in [5.41, 5.74) is -0.0631. The summed E-state index contributed by atoms with van der Waals surface area (Å²) in [4.78, 5) is 13.6. The van der Waals surface area contributed by atoms with Gasteiger partial charge < -0.3 is 4.74 Å². The van der Waals surface area contributed by atoms with Crippen LogP contribution < -0.4 is 5.32 Å². The molecule has 0 radical (unpaired) electrons. The van der Waals surface area contributed by atoms with Gasteiger partial charge in [-0.15, -0.1) is 11.3 Å². The minimum atomic E-state index is -0.898. The number of hydrogen-bond donors (Lipinski definition) is 1. The average Bonchev–Trinajstić information content (AvgIpc) is 2.99. The molecular formula is C16H18ClNO2S. The van der Waals surface area contributed by atoms with Gasteiger partial charge in [0.05, 0.1) is 6.61 Å². The summed E-state index contributed by atoms with van der Waals surface area (Å²) in [5.74, 6) is -0.288. The van der Waals surface area contributed by atoms with Crippen LogP contribution in [-0.4, -0.2) is 12.6 Å². The van der Waals surface area contributed by atoms with Crippen LogP contribution in [0.5, 0.6) is 0 Å². The minimum absolute atomic E-state index is 0.288. The standard InChI is InChI=1S/C16H18ClNO2S/c1-3-20-15(19)16(2,12-6-8-13(17)9-7-12)18-11-14-5-4-10-21-14/h4-10,18H,3,11H2,1-2H3. The second-order valence-electron chi connectivity index (χ2n) is 4.79. The maximum absolute atomic E-state index is 12.4. The Labute approximate surface area is 133 Å². The number of hydrogen-bond acceptors (Lipinski definition) is 4. The highest BCUT2D eigenvalue weighted by Gasteiger charge is 2.36. The Kier molecular flexibility index (Phi) is 5.39. The first-order valence-electron chi connectivity index (χ1n) is 6.77. The molecule has 0 fully saturated rings. The van der Waals surface area contributed by atoms with Crippen molar-refractivity contribution in [3.8, 4) is 0 Å². The lowest BCUT2D eigenvalue weighted by atomic mass is 9.92. The zero-order valence-corrected chi connectivity index (χ0v) is 13.6. The summed E-state index contributed by atoms with van der Waals surface area (Å²) in [6.45, 7) is 4.60. The summed E-state index contributed by atoms with van der Waals surface area (Å²) >= 11 is 7.58. The summed E-state index contributed by atoms with van der Waals surface area (Å²) < 4.78 is 5.23. The van der Waals surface area contributed by atoms with E-state index in [1.54, 1.807) is 30.4 Å². The number of carbonyl (C=O) groups excluding carboxylic acids is 1. The van der Waals surface area contributed by atoms with Gasteiger partial charge in [0.2, 0.25) is 0 Å². The van der Waals surface area contributed by atoms with Crippen molar-refractivity contribution in [2.45, 2.75) is 25.9 Å². The molecule has 3 nitrogen and oxygen atoms in total. The third kappa shape index (κ3) is 3.84. The maximum atomic E-state index is 12.4. The van der Waals surface area contributed by atoms with Crippen molar-refractivity contribution < 1.29 is 9.53 Å². The predicted octanol–water partition coefficient (Wildman–Crippen LogP) is 3.97. The summed E-state index contributed by atoms with van der Waals surface area (Å²) in [7, 11) is 0. The normalized spacial score (nSPS) is 13.7. The fraction of sp³-hybridized carbons (Fsp3) is 0.312. The largest absolute Gasteiger partial charge is 0.464 e. The number of nitrogens with one attached hydrogen (secondary N) is 1. The fourth-order valence-electron chi connectivity index (χ4n) is 2.03. The number of carbonyl (C=O) groups is 1. The first-order valence-corrected chi connectivity index (χ1v) is 8.02. The zero-order chi connectivity index (χ0) is 15.3. The van der Waals surface area contributed by atoms with Crippen LogP contribution in [0.15, 0.2) is 41.8 Å². The molecule has 2 aromatic rings. The molecule has 1 heterocycles. The quantitative estimate of drug-likeness (QED) is 0.817. The van der Waals surface area contributed by atoms with Gasteiger partial charge in [-0.05, 0) is 43.0 Å². The highest BCUT2D eigenvalue weighted by atomic mass is 35.5. The van der Waals surface area contributed by atoms with Crippen LogP contribution in [0.4, 0.5) is 0 Å². The van der Waals surface area contributed by atoms with Crippen LogP contribution in [0.3, 0.4) is 0 Å². The van der Waals surface area contributed by atoms with Gasteiger partial charge >= 0.3 is 5.97 Å². The predicted molar refractivity (Wildman–Crippen MR) is 86.6 cm³/mol. The number of rotatable bonds is 6. The molecule has 112 valence electrons. The summed E-state index contributed by atoms with van der Waals surface area (Å²) in [5, 5.41) is 5.97. The highest BCUT2D eigenvalue weighted by Crippen LogP contribution is 2.25. The second-order valence-corrected chi connectivity index (χ2v) is 6.25. The van der Waals surface area contributed by atoms with Crippen LogP contribution in [0, 0.1) is 0 Å². The highest BCUT2D eigenvalue weighted by molar-refractivity contribution is 7.09. The van der Waals surface area contributed by atoms with Crippen molar-refractivity contribution in [3.63, 3.8) is 0 Å². The van der Waals surface area contributed by atoms with E-state index >= 15 is 0 Å². The van der Waals surface area contributed by atoms with E-state index in [9.17, 15) is 4.79 Å². The van der Waals surface area contributed by atoms with E-state index in [2.05, 4.69) is 5.32 Å². The van der Waals surface area contributed by atoms with E-state index in [4.69, 9.17) is 16.3 Å². The second kappa shape index (κ2) is 7.07. The molecule has 0 bridgehead atoms. The van der Waals surface area contributed by atoms with E-state index in [-0.39, 0.29) is 5.97 Å². The van der Waals surface area contributed by atoms with Gasteiger partial charge in [-0.2, -0.15) is 0 Å².